The zero-order valence-corrected chi connectivity index (χ0v) is 14.2. The van der Waals surface area contributed by atoms with Gasteiger partial charge in [-0.2, -0.15) is 4.98 Å². The lowest BCUT2D eigenvalue weighted by atomic mass is 10.00. The molecule has 0 amide bonds. The Labute approximate surface area is 147 Å². The number of halogens is 2. The smallest absolute Gasteiger partial charge is 0.222 e. The van der Waals surface area contributed by atoms with E-state index in [0.717, 1.165) is 27.4 Å². The molecule has 2 aromatic carbocycles. The van der Waals surface area contributed by atoms with Crippen molar-refractivity contribution in [2.24, 2.45) is 7.05 Å². The zero-order valence-electron chi connectivity index (χ0n) is 12.7. The Morgan fingerprint density at radius 1 is 1.00 bits per heavy atom. The summed E-state index contributed by atoms with van der Waals surface area (Å²) in [6, 6.07) is 9.37. The third kappa shape index (κ3) is 2.25. The molecule has 2 aromatic heterocycles. The highest BCUT2D eigenvalue weighted by Gasteiger charge is 2.16. The van der Waals surface area contributed by atoms with Gasteiger partial charge in [-0.15, -0.1) is 0 Å². The molecular weight excluding hydrogens is 345 g/mol. The zero-order chi connectivity index (χ0) is 17.0. The number of aromatic nitrogens is 3. The Bertz CT molecular complexity index is 1100. The second-order valence-electron chi connectivity index (χ2n) is 5.63. The molecule has 0 bridgehead atoms. The summed E-state index contributed by atoms with van der Waals surface area (Å²) in [5, 5.41) is 2.89. The van der Waals surface area contributed by atoms with Crippen molar-refractivity contribution in [1.29, 1.82) is 0 Å². The second kappa shape index (κ2) is 5.26. The normalized spacial score (nSPS) is 11.5. The Morgan fingerprint density at radius 3 is 2.42 bits per heavy atom. The number of fused-ring (bicyclic) bond motifs is 3. The molecule has 4 N–H and O–H groups in total. The van der Waals surface area contributed by atoms with Crippen LogP contribution in [0, 0.1) is 0 Å². The lowest BCUT2D eigenvalue weighted by Crippen LogP contribution is -2.01. The van der Waals surface area contributed by atoms with Crippen molar-refractivity contribution in [2.75, 3.05) is 11.5 Å². The third-order valence-electron chi connectivity index (χ3n) is 4.03. The summed E-state index contributed by atoms with van der Waals surface area (Å²) in [5.74, 6) is 0.509. The van der Waals surface area contributed by atoms with Gasteiger partial charge in [0.2, 0.25) is 5.95 Å². The quantitative estimate of drug-likeness (QED) is 0.533. The molecule has 0 radical (unpaired) electrons. The first kappa shape index (κ1) is 15.1. The number of hydrogen-bond donors (Lipinski definition) is 2. The Morgan fingerprint density at radius 2 is 1.71 bits per heavy atom. The standard InChI is InChI=1S/C17H13Cl2N5/c1-24-3-2-11-14-13(22-17(21)23-16(14)20)7-12(15(11)24)8-4-9(18)6-10(19)5-8/h2-7H,1H3,(H4,20,21,22,23). The van der Waals surface area contributed by atoms with Gasteiger partial charge in [0.25, 0.3) is 0 Å². The molecule has 0 aliphatic heterocycles. The number of nitrogen functional groups attached to an aromatic ring is 2. The maximum Gasteiger partial charge on any atom is 0.222 e. The molecule has 0 spiro atoms. The van der Waals surface area contributed by atoms with E-state index in [1.807, 2.05) is 42.1 Å². The predicted molar refractivity (Wildman–Crippen MR) is 100 cm³/mol. The number of rotatable bonds is 1. The fourth-order valence-electron chi connectivity index (χ4n) is 3.10. The van der Waals surface area contributed by atoms with Crippen LogP contribution in [0.1, 0.15) is 0 Å². The van der Waals surface area contributed by atoms with Crippen LogP contribution in [0.5, 0.6) is 0 Å². The fourth-order valence-corrected chi connectivity index (χ4v) is 3.62. The molecule has 0 aliphatic rings. The van der Waals surface area contributed by atoms with Crippen LogP contribution in [0.3, 0.4) is 0 Å². The maximum absolute atomic E-state index is 6.18. The average molecular weight is 358 g/mol. The summed E-state index contributed by atoms with van der Waals surface area (Å²) in [7, 11) is 1.97. The van der Waals surface area contributed by atoms with Crippen LogP contribution >= 0.6 is 23.2 Å². The second-order valence-corrected chi connectivity index (χ2v) is 6.51. The number of aryl methyl sites for hydroxylation is 1. The highest BCUT2D eigenvalue weighted by molar-refractivity contribution is 6.35. The number of hydrogen-bond acceptors (Lipinski definition) is 4. The van der Waals surface area contributed by atoms with Gasteiger partial charge < -0.3 is 16.0 Å². The van der Waals surface area contributed by atoms with Gasteiger partial charge in [-0.3, -0.25) is 0 Å². The molecule has 0 saturated heterocycles. The van der Waals surface area contributed by atoms with Crippen molar-refractivity contribution in [3.05, 3.63) is 46.6 Å². The molecule has 4 rings (SSSR count). The highest BCUT2D eigenvalue weighted by atomic mass is 35.5. The third-order valence-corrected chi connectivity index (χ3v) is 4.47. The van der Waals surface area contributed by atoms with Gasteiger partial charge in [-0.1, -0.05) is 23.2 Å². The van der Waals surface area contributed by atoms with E-state index < -0.39 is 0 Å². The van der Waals surface area contributed by atoms with Crippen LogP contribution in [-0.4, -0.2) is 14.5 Å². The van der Waals surface area contributed by atoms with Crippen LogP contribution in [0.2, 0.25) is 10.0 Å². The molecule has 5 nitrogen and oxygen atoms in total. The minimum Gasteiger partial charge on any atom is -0.383 e. The van der Waals surface area contributed by atoms with E-state index in [-0.39, 0.29) is 5.95 Å². The average Bonchev–Trinajstić information content (AvgIpc) is 2.86. The SMILES string of the molecule is Cn1ccc2c3c(N)nc(N)nc3cc(-c3cc(Cl)cc(Cl)c3)c21. The molecule has 7 heteroatoms. The summed E-state index contributed by atoms with van der Waals surface area (Å²) in [4.78, 5) is 8.42. The summed E-state index contributed by atoms with van der Waals surface area (Å²) in [5.41, 5.74) is 15.4. The van der Waals surface area contributed by atoms with Crippen LogP contribution in [-0.2, 0) is 7.05 Å². The first-order valence-electron chi connectivity index (χ1n) is 7.21. The molecule has 0 saturated carbocycles. The molecule has 0 unspecified atom stereocenters. The van der Waals surface area contributed by atoms with Crippen molar-refractivity contribution < 1.29 is 0 Å². The number of nitrogens with zero attached hydrogens (tertiary/aromatic N) is 3. The minimum absolute atomic E-state index is 0.144. The largest absolute Gasteiger partial charge is 0.383 e. The Balaban J connectivity index is 2.20. The van der Waals surface area contributed by atoms with E-state index in [4.69, 9.17) is 34.7 Å². The Kier molecular flexibility index (Phi) is 3.30. The van der Waals surface area contributed by atoms with Crippen LogP contribution in [0.15, 0.2) is 36.5 Å². The van der Waals surface area contributed by atoms with Gasteiger partial charge in [0.15, 0.2) is 0 Å². The van der Waals surface area contributed by atoms with E-state index in [9.17, 15) is 0 Å². The molecule has 0 fully saturated rings. The van der Waals surface area contributed by atoms with Gasteiger partial charge in [0.1, 0.15) is 5.82 Å². The van der Waals surface area contributed by atoms with Crippen molar-refractivity contribution >= 4 is 56.8 Å². The molecule has 0 aliphatic carbocycles. The summed E-state index contributed by atoms with van der Waals surface area (Å²) >= 11 is 12.4. The van der Waals surface area contributed by atoms with Gasteiger partial charge in [-0.25, -0.2) is 4.98 Å². The lowest BCUT2D eigenvalue weighted by molar-refractivity contribution is 0.970. The lowest BCUT2D eigenvalue weighted by Gasteiger charge is -2.12. The molecule has 2 heterocycles. The van der Waals surface area contributed by atoms with Gasteiger partial charge >= 0.3 is 0 Å². The molecule has 120 valence electrons. The first-order chi connectivity index (χ1) is 11.4. The molecule has 0 atom stereocenters. The highest BCUT2D eigenvalue weighted by Crippen LogP contribution is 2.38. The van der Waals surface area contributed by atoms with Crippen LogP contribution in [0.25, 0.3) is 32.9 Å². The van der Waals surface area contributed by atoms with Crippen molar-refractivity contribution in [1.82, 2.24) is 14.5 Å². The molecule has 4 aromatic rings. The van der Waals surface area contributed by atoms with E-state index in [1.54, 1.807) is 6.07 Å². The topological polar surface area (TPSA) is 82.8 Å². The molecule has 24 heavy (non-hydrogen) atoms. The summed E-state index contributed by atoms with van der Waals surface area (Å²) in [6.07, 6.45) is 1.97. The van der Waals surface area contributed by atoms with E-state index >= 15 is 0 Å². The minimum atomic E-state index is 0.144. The summed E-state index contributed by atoms with van der Waals surface area (Å²) < 4.78 is 2.02. The van der Waals surface area contributed by atoms with Gasteiger partial charge in [0, 0.05) is 34.2 Å². The monoisotopic (exact) mass is 357 g/mol. The number of nitrogens with two attached hydrogens (primary N) is 2. The van der Waals surface area contributed by atoms with E-state index in [2.05, 4.69) is 9.97 Å². The predicted octanol–water partition coefficient (Wildman–Crippen LogP) is 4.26. The van der Waals surface area contributed by atoms with Gasteiger partial charge in [-0.05, 0) is 35.9 Å². The Hall–Kier alpha value is -2.50. The van der Waals surface area contributed by atoms with Crippen LogP contribution < -0.4 is 11.5 Å². The van der Waals surface area contributed by atoms with Gasteiger partial charge in [0.05, 0.1) is 16.4 Å². The van der Waals surface area contributed by atoms with Crippen molar-refractivity contribution in [3.8, 4) is 11.1 Å². The fraction of sp³-hybridized carbons (Fsp3) is 0.0588. The van der Waals surface area contributed by atoms with Crippen LogP contribution in [0.4, 0.5) is 11.8 Å². The van der Waals surface area contributed by atoms with E-state index in [1.165, 1.54) is 0 Å². The summed E-state index contributed by atoms with van der Waals surface area (Å²) in [6.45, 7) is 0. The van der Waals surface area contributed by atoms with Crippen molar-refractivity contribution in [3.63, 3.8) is 0 Å². The number of benzene rings is 2. The first-order valence-corrected chi connectivity index (χ1v) is 7.97. The number of anilines is 2. The molecular formula is C17H13Cl2N5. The maximum atomic E-state index is 6.18. The van der Waals surface area contributed by atoms with Crippen molar-refractivity contribution in [2.45, 2.75) is 0 Å². The van der Waals surface area contributed by atoms with E-state index in [0.29, 0.717) is 21.4 Å².